The first kappa shape index (κ1) is 20.3. The summed E-state index contributed by atoms with van der Waals surface area (Å²) in [5.74, 6) is 2.04. The van der Waals surface area contributed by atoms with E-state index >= 15 is 0 Å². The largest absolute Gasteiger partial charge is 0.325 e. The summed E-state index contributed by atoms with van der Waals surface area (Å²) in [6, 6.07) is 6.26. The van der Waals surface area contributed by atoms with Crippen molar-refractivity contribution in [2.24, 2.45) is 0 Å². The summed E-state index contributed by atoms with van der Waals surface area (Å²) in [6.07, 6.45) is 0. The molecule has 25 heavy (non-hydrogen) atoms. The Hall–Kier alpha value is -1.05. The average molecular weight is 396 g/mol. The van der Waals surface area contributed by atoms with E-state index in [-0.39, 0.29) is 5.91 Å². The Kier molecular flexibility index (Phi) is 7.78. The van der Waals surface area contributed by atoms with Gasteiger partial charge in [0.15, 0.2) is 8.68 Å². The summed E-state index contributed by atoms with van der Waals surface area (Å²) in [6.45, 7) is 10.7. The minimum Gasteiger partial charge on any atom is -0.325 e. The predicted molar refractivity (Wildman–Crippen MR) is 110 cm³/mol. The molecule has 136 valence electrons. The molecule has 4 nitrogen and oxygen atoms in total. The smallest absolute Gasteiger partial charge is 0.234 e. The molecule has 0 saturated carbocycles. The molecule has 1 aromatic heterocycles. The highest BCUT2D eigenvalue weighted by Gasteiger charge is 2.16. The average Bonchev–Trinajstić information content (AvgIpc) is 3.00. The van der Waals surface area contributed by atoms with Crippen LogP contribution in [-0.2, 0) is 4.79 Å². The van der Waals surface area contributed by atoms with Gasteiger partial charge in [-0.3, -0.25) is 4.79 Å². The van der Waals surface area contributed by atoms with Crippen LogP contribution < -0.4 is 5.32 Å². The van der Waals surface area contributed by atoms with Crippen molar-refractivity contribution in [1.82, 2.24) is 10.2 Å². The van der Waals surface area contributed by atoms with Crippen LogP contribution in [-0.4, -0.2) is 27.6 Å². The molecule has 1 aromatic carbocycles. The van der Waals surface area contributed by atoms with Gasteiger partial charge in [-0.1, -0.05) is 87.7 Å². The fourth-order valence-electron chi connectivity index (χ4n) is 2.44. The number of anilines is 1. The minimum absolute atomic E-state index is 0.0000976. The molecular weight excluding hydrogens is 370 g/mol. The standard InChI is InChI=1S/C18H25N3OS3/c1-6-23-17-20-21-18(25-17)24-10-15(22)19-16-13(11(2)3)8-7-9-14(16)12(4)5/h7-9,11-12H,6,10H2,1-5H3,(H,19,22). The Morgan fingerprint density at radius 3 is 2.16 bits per heavy atom. The van der Waals surface area contributed by atoms with E-state index in [1.54, 1.807) is 23.1 Å². The summed E-state index contributed by atoms with van der Waals surface area (Å²) >= 11 is 4.66. The van der Waals surface area contributed by atoms with Crippen molar-refractivity contribution in [3.8, 4) is 0 Å². The molecule has 0 unspecified atom stereocenters. The van der Waals surface area contributed by atoms with Crippen molar-refractivity contribution < 1.29 is 4.79 Å². The third kappa shape index (κ3) is 5.72. The number of thioether (sulfide) groups is 2. The van der Waals surface area contributed by atoms with Crippen molar-refractivity contribution in [3.63, 3.8) is 0 Å². The van der Waals surface area contributed by atoms with Gasteiger partial charge >= 0.3 is 0 Å². The molecule has 0 radical (unpaired) electrons. The van der Waals surface area contributed by atoms with Crippen LogP contribution in [0.1, 0.15) is 57.6 Å². The van der Waals surface area contributed by atoms with Crippen LogP contribution in [0.15, 0.2) is 26.9 Å². The van der Waals surface area contributed by atoms with E-state index in [2.05, 4.69) is 68.3 Å². The molecule has 0 aliphatic carbocycles. The number of nitrogens with one attached hydrogen (secondary N) is 1. The normalized spacial score (nSPS) is 11.3. The lowest BCUT2D eigenvalue weighted by molar-refractivity contribution is -0.113. The molecule has 7 heteroatoms. The summed E-state index contributed by atoms with van der Waals surface area (Å²) in [5.41, 5.74) is 3.33. The third-order valence-electron chi connectivity index (χ3n) is 3.62. The number of para-hydroxylation sites is 1. The second-order valence-corrected chi connectivity index (χ2v) is 9.94. The van der Waals surface area contributed by atoms with Gasteiger partial charge in [-0.05, 0) is 28.7 Å². The maximum atomic E-state index is 12.5. The van der Waals surface area contributed by atoms with E-state index in [0.29, 0.717) is 17.6 Å². The van der Waals surface area contributed by atoms with Crippen molar-refractivity contribution in [1.29, 1.82) is 0 Å². The molecule has 0 fully saturated rings. The molecule has 0 saturated heterocycles. The Labute approximate surface area is 162 Å². The quantitative estimate of drug-likeness (QED) is 0.587. The van der Waals surface area contributed by atoms with E-state index in [4.69, 9.17) is 0 Å². The van der Waals surface area contributed by atoms with E-state index in [9.17, 15) is 4.79 Å². The summed E-state index contributed by atoms with van der Waals surface area (Å²) in [4.78, 5) is 12.5. The highest BCUT2D eigenvalue weighted by atomic mass is 32.2. The second kappa shape index (κ2) is 9.59. The minimum atomic E-state index is -0.0000976. The Bertz CT molecular complexity index is 687. The van der Waals surface area contributed by atoms with E-state index in [1.165, 1.54) is 22.9 Å². The van der Waals surface area contributed by atoms with Crippen molar-refractivity contribution in [2.45, 2.75) is 55.1 Å². The molecule has 1 heterocycles. The lowest BCUT2D eigenvalue weighted by Gasteiger charge is -2.20. The zero-order valence-corrected chi connectivity index (χ0v) is 17.8. The van der Waals surface area contributed by atoms with Crippen LogP contribution in [0.3, 0.4) is 0 Å². The topological polar surface area (TPSA) is 54.9 Å². The third-order valence-corrected chi connectivity index (χ3v) is 6.69. The summed E-state index contributed by atoms with van der Waals surface area (Å²) in [7, 11) is 0. The molecule has 0 aliphatic rings. The van der Waals surface area contributed by atoms with Crippen LogP contribution >= 0.6 is 34.9 Å². The number of hydrogen-bond acceptors (Lipinski definition) is 6. The van der Waals surface area contributed by atoms with Gasteiger partial charge < -0.3 is 5.32 Å². The fraction of sp³-hybridized carbons (Fsp3) is 0.500. The van der Waals surface area contributed by atoms with Crippen molar-refractivity contribution in [2.75, 3.05) is 16.8 Å². The molecular formula is C18H25N3OS3. The maximum Gasteiger partial charge on any atom is 0.234 e. The Balaban J connectivity index is 2.06. The number of carbonyl (C=O) groups is 1. The van der Waals surface area contributed by atoms with E-state index in [0.717, 1.165) is 20.1 Å². The molecule has 0 bridgehead atoms. The van der Waals surface area contributed by atoms with Gasteiger partial charge in [-0.25, -0.2) is 0 Å². The van der Waals surface area contributed by atoms with E-state index in [1.807, 2.05) is 0 Å². The lowest BCUT2D eigenvalue weighted by atomic mass is 9.92. The van der Waals surface area contributed by atoms with Crippen LogP contribution in [0.4, 0.5) is 5.69 Å². The van der Waals surface area contributed by atoms with E-state index < -0.39 is 0 Å². The Morgan fingerprint density at radius 1 is 1.08 bits per heavy atom. The van der Waals surface area contributed by atoms with Crippen molar-refractivity contribution in [3.05, 3.63) is 29.3 Å². The zero-order valence-electron chi connectivity index (χ0n) is 15.3. The highest BCUT2D eigenvalue weighted by molar-refractivity contribution is 8.03. The predicted octanol–water partition coefficient (Wildman–Crippen LogP) is 5.63. The number of aromatic nitrogens is 2. The molecule has 2 rings (SSSR count). The Morgan fingerprint density at radius 2 is 1.64 bits per heavy atom. The zero-order chi connectivity index (χ0) is 18.4. The monoisotopic (exact) mass is 395 g/mol. The van der Waals surface area contributed by atoms with Gasteiger partial charge in [-0.15, -0.1) is 10.2 Å². The molecule has 0 aliphatic heterocycles. The maximum absolute atomic E-state index is 12.5. The van der Waals surface area contributed by atoms with Gasteiger partial charge in [0.1, 0.15) is 0 Å². The molecule has 0 atom stereocenters. The number of nitrogens with zero attached hydrogens (tertiary/aromatic N) is 2. The number of benzene rings is 1. The number of carbonyl (C=O) groups excluding carboxylic acids is 1. The van der Waals surface area contributed by atoms with Crippen LogP contribution in [0.25, 0.3) is 0 Å². The van der Waals surface area contributed by atoms with Gasteiger partial charge in [-0.2, -0.15) is 0 Å². The molecule has 2 aromatic rings. The van der Waals surface area contributed by atoms with Gasteiger partial charge in [0.25, 0.3) is 0 Å². The highest BCUT2D eigenvalue weighted by Crippen LogP contribution is 2.33. The SMILES string of the molecule is CCSc1nnc(SCC(=O)Nc2c(C(C)C)cccc2C(C)C)s1. The molecule has 1 N–H and O–H groups in total. The molecule has 0 spiro atoms. The van der Waals surface area contributed by atoms with Gasteiger partial charge in [0, 0.05) is 5.69 Å². The van der Waals surface area contributed by atoms with Crippen LogP contribution in [0.2, 0.25) is 0 Å². The molecule has 1 amide bonds. The number of amides is 1. The lowest BCUT2D eigenvalue weighted by Crippen LogP contribution is -2.17. The first-order chi connectivity index (χ1) is 11.9. The van der Waals surface area contributed by atoms with Crippen LogP contribution in [0, 0.1) is 0 Å². The fourth-order valence-corrected chi connectivity index (χ4v) is 5.15. The summed E-state index contributed by atoms with van der Waals surface area (Å²) < 4.78 is 1.80. The first-order valence-electron chi connectivity index (χ1n) is 8.44. The second-order valence-electron chi connectivity index (χ2n) is 6.22. The van der Waals surface area contributed by atoms with Crippen LogP contribution in [0.5, 0.6) is 0 Å². The van der Waals surface area contributed by atoms with Gasteiger partial charge in [0.2, 0.25) is 5.91 Å². The van der Waals surface area contributed by atoms with Gasteiger partial charge in [0.05, 0.1) is 5.75 Å². The number of rotatable bonds is 8. The summed E-state index contributed by atoms with van der Waals surface area (Å²) in [5, 5.41) is 11.4. The number of hydrogen-bond donors (Lipinski definition) is 1. The first-order valence-corrected chi connectivity index (χ1v) is 11.2. The van der Waals surface area contributed by atoms with Crippen molar-refractivity contribution >= 4 is 46.5 Å².